The molecule has 4 heteroatoms. The minimum atomic E-state index is 0.116. The Hall–Kier alpha value is -1.71. The molecule has 1 aromatic rings. The summed E-state index contributed by atoms with van der Waals surface area (Å²) >= 11 is 0. The van der Waals surface area contributed by atoms with Crippen LogP contribution in [-0.2, 0) is 6.42 Å². The first-order valence-electron chi connectivity index (χ1n) is 8.40. The monoisotopic (exact) mass is 302 g/mol. The SMILES string of the molecule is COc1ccc(CCNC(=O)N2CC3CCCC(C3)C2)cc1. The van der Waals surface area contributed by atoms with Gasteiger partial charge in [-0.3, -0.25) is 0 Å². The van der Waals surface area contributed by atoms with E-state index in [1.165, 1.54) is 31.2 Å². The fourth-order valence-electron chi connectivity index (χ4n) is 3.82. The van der Waals surface area contributed by atoms with Crippen LogP contribution in [0.15, 0.2) is 24.3 Å². The van der Waals surface area contributed by atoms with E-state index in [1.54, 1.807) is 7.11 Å². The predicted molar refractivity (Wildman–Crippen MR) is 87.1 cm³/mol. The summed E-state index contributed by atoms with van der Waals surface area (Å²) in [6, 6.07) is 8.14. The van der Waals surface area contributed by atoms with Crippen LogP contribution in [0.4, 0.5) is 4.79 Å². The zero-order valence-electron chi connectivity index (χ0n) is 13.4. The molecular weight excluding hydrogens is 276 g/mol. The third-order valence-corrected chi connectivity index (χ3v) is 4.98. The van der Waals surface area contributed by atoms with Crippen molar-refractivity contribution in [3.8, 4) is 5.75 Å². The molecule has 2 amide bonds. The van der Waals surface area contributed by atoms with Crippen LogP contribution in [0, 0.1) is 11.8 Å². The molecule has 0 aromatic heterocycles. The van der Waals surface area contributed by atoms with Crippen molar-refractivity contribution in [1.29, 1.82) is 0 Å². The van der Waals surface area contributed by atoms with E-state index in [0.717, 1.165) is 37.1 Å². The van der Waals surface area contributed by atoms with Crippen molar-refractivity contribution >= 4 is 6.03 Å². The maximum atomic E-state index is 12.3. The first kappa shape index (κ1) is 15.2. The number of hydrogen-bond donors (Lipinski definition) is 1. The van der Waals surface area contributed by atoms with E-state index in [-0.39, 0.29) is 6.03 Å². The van der Waals surface area contributed by atoms with Crippen molar-refractivity contribution in [3.05, 3.63) is 29.8 Å². The summed E-state index contributed by atoms with van der Waals surface area (Å²) in [5.41, 5.74) is 1.22. The molecule has 120 valence electrons. The largest absolute Gasteiger partial charge is 0.497 e. The number of carbonyl (C=O) groups is 1. The molecule has 1 saturated carbocycles. The predicted octanol–water partition coefficient (Wildman–Crippen LogP) is 3.07. The Morgan fingerprint density at radius 3 is 2.55 bits per heavy atom. The molecule has 2 unspecified atom stereocenters. The van der Waals surface area contributed by atoms with Crippen LogP contribution in [-0.4, -0.2) is 37.7 Å². The highest BCUT2D eigenvalue weighted by Gasteiger charge is 2.32. The molecule has 3 rings (SSSR count). The van der Waals surface area contributed by atoms with Gasteiger partial charge >= 0.3 is 6.03 Å². The number of piperidine rings is 1. The van der Waals surface area contributed by atoms with Crippen LogP contribution in [0.5, 0.6) is 5.75 Å². The minimum Gasteiger partial charge on any atom is -0.497 e. The zero-order valence-corrected chi connectivity index (χ0v) is 13.4. The van der Waals surface area contributed by atoms with Gasteiger partial charge in [0.05, 0.1) is 7.11 Å². The summed E-state index contributed by atoms with van der Waals surface area (Å²) in [4.78, 5) is 14.3. The van der Waals surface area contributed by atoms with E-state index in [1.807, 2.05) is 17.0 Å². The summed E-state index contributed by atoms with van der Waals surface area (Å²) in [6.07, 6.45) is 6.13. The number of nitrogens with zero attached hydrogens (tertiary/aromatic N) is 1. The van der Waals surface area contributed by atoms with Gasteiger partial charge in [-0.1, -0.05) is 18.6 Å². The Kier molecular flexibility index (Phi) is 4.86. The molecule has 22 heavy (non-hydrogen) atoms. The number of rotatable bonds is 4. The maximum absolute atomic E-state index is 12.3. The van der Waals surface area contributed by atoms with Gasteiger partial charge in [0.1, 0.15) is 5.75 Å². The smallest absolute Gasteiger partial charge is 0.317 e. The fourth-order valence-corrected chi connectivity index (χ4v) is 3.82. The van der Waals surface area contributed by atoms with Crippen LogP contribution in [0.1, 0.15) is 31.2 Å². The summed E-state index contributed by atoms with van der Waals surface area (Å²) < 4.78 is 5.15. The van der Waals surface area contributed by atoms with Gasteiger partial charge in [0.25, 0.3) is 0 Å². The fraction of sp³-hybridized carbons (Fsp3) is 0.611. The summed E-state index contributed by atoms with van der Waals surface area (Å²) in [5, 5.41) is 3.07. The number of ether oxygens (including phenoxy) is 1. The number of carbonyl (C=O) groups excluding carboxylic acids is 1. The van der Waals surface area contributed by atoms with Gasteiger partial charge in [0.15, 0.2) is 0 Å². The normalized spacial score (nSPS) is 24.0. The average Bonchev–Trinajstić information content (AvgIpc) is 2.55. The van der Waals surface area contributed by atoms with Crippen LogP contribution < -0.4 is 10.1 Å². The molecule has 2 atom stereocenters. The van der Waals surface area contributed by atoms with E-state index >= 15 is 0 Å². The number of urea groups is 1. The van der Waals surface area contributed by atoms with Crippen molar-refractivity contribution in [3.63, 3.8) is 0 Å². The third kappa shape index (κ3) is 3.73. The Morgan fingerprint density at radius 2 is 1.91 bits per heavy atom. The lowest BCUT2D eigenvalue weighted by atomic mass is 9.78. The quantitative estimate of drug-likeness (QED) is 0.928. The van der Waals surface area contributed by atoms with Crippen molar-refractivity contribution in [2.24, 2.45) is 11.8 Å². The second kappa shape index (κ2) is 7.03. The molecule has 2 bridgehead atoms. The summed E-state index contributed by atoms with van der Waals surface area (Å²) in [5.74, 6) is 2.34. The number of likely N-dealkylation sites (tertiary alicyclic amines) is 1. The van der Waals surface area contributed by atoms with Gasteiger partial charge in [-0.05, 0) is 55.2 Å². The van der Waals surface area contributed by atoms with Crippen molar-refractivity contribution < 1.29 is 9.53 Å². The minimum absolute atomic E-state index is 0.116. The van der Waals surface area contributed by atoms with Gasteiger partial charge < -0.3 is 15.0 Å². The van der Waals surface area contributed by atoms with Gasteiger partial charge in [-0.25, -0.2) is 4.79 Å². The molecule has 2 aliphatic rings. The van der Waals surface area contributed by atoms with Crippen LogP contribution in [0.2, 0.25) is 0 Å². The Balaban J connectivity index is 1.43. The third-order valence-electron chi connectivity index (χ3n) is 4.98. The molecule has 1 saturated heterocycles. The van der Waals surface area contributed by atoms with Crippen LogP contribution in [0.25, 0.3) is 0 Å². The van der Waals surface area contributed by atoms with E-state index in [0.29, 0.717) is 6.54 Å². The molecular formula is C18H26N2O2. The van der Waals surface area contributed by atoms with Gasteiger partial charge in [0, 0.05) is 19.6 Å². The molecule has 0 radical (unpaired) electrons. The van der Waals surface area contributed by atoms with Crippen molar-refractivity contribution in [2.45, 2.75) is 32.1 Å². The molecule has 1 N–H and O–H groups in total. The maximum Gasteiger partial charge on any atom is 0.317 e. The van der Waals surface area contributed by atoms with Gasteiger partial charge in [-0.15, -0.1) is 0 Å². The molecule has 1 aliphatic heterocycles. The summed E-state index contributed by atoms with van der Waals surface area (Å²) in [7, 11) is 1.67. The van der Waals surface area contributed by atoms with E-state index in [9.17, 15) is 4.79 Å². The average molecular weight is 302 g/mol. The standard InChI is InChI=1S/C18H26N2O2/c1-22-17-7-5-14(6-8-17)9-10-19-18(21)20-12-15-3-2-4-16(11-15)13-20/h5-8,15-16H,2-4,9-13H2,1H3,(H,19,21). The molecule has 1 heterocycles. The van der Waals surface area contributed by atoms with E-state index < -0.39 is 0 Å². The highest BCUT2D eigenvalue weighted by atomic mass is 16.5. The Labute approximate surface area is 132 Å². The lowest BCUT2D eigenvalue weighted by Gasteiger charge is -2.41. The summed E-state index contributed by atoms with van der Waals surface area (Å²) in [6.45, 7) is 2.59. The van der Waals surface area contributed by atoms with E-state index in [2.05, 4.69) is 17.4 Å². The van der Waals surface area contributed by atoms with Crippen LogP contribution in [0.3, 0.4) is 0 Å². The zero-order chi connectivity index (χ0) is 15.4. The lowest BCUT2D eigenvalue weighted by molar-refractivity contribution is 0.103. The Bertz CT molecular complexity index is 488. The number of amides is 2. The Morgan fingerprint density at radius 1 is 1.23 bits per heavy atom. The van der Waals surface area contributed by atoms with Crippen molar-refractivity contribution in [1.82, 2.24) is 10.2 Å². The van der Waals surface area contributed by atoms with Crippen molar-refractivity contribution in [2.75, 3.05) is 26.7 Å². The molecule has 0 spiro atoms. The topological polar surface area (TPSA) is 41.6 Å². The highest BCUT2D eigenvalue weighted by molar-refractivity contribution is 5.74. The first-order valence-corrected chi connectivity index (χ1v) is 8.40. The lowest BCUT2D eigenvalue weighted by Crippen LogP contribution is -2.49. The number of nitrogens with one attached hydrogen (secondary N) is 1. The second-order valence-corrected chi connectivity index (χ2v) is 6.63. The van der Waals surface area contributed by atoms with E-state index in [4.69, 9.17) is 4.74 Å². The first-order chi connectivity index (χ1) is 10.7. The van der Waals surface area contributed by atoms with Crippen LogP contribution >= 0.6 is 0 Å². The molecule has 2 fully saturated rings. The molecule has 1 aliphatic carbocycles. The molecule has 4 nitrogen and oxygen atoms in total. The number of methoxy groups -OCH3 is 1. The molecule has 1 aromatic carbocycles. The number of hydrogen-bond acceptors (Lipinski definition) is 2. The number of fused-ring (bicyclic) bond motifs is 2. The van der Waals surface area contributed by atoms with Gasteiger partial charge in [0.2, 0.25) is 0 Å². The highest BCUT2D eigenvalue weighted by Crippen LogP contribution is 2.34. The second-order valence-electron chi connectivity index (χ2n) is 6.63. The number of benzene rings is 1. The van der Waals surface area contributed by atoms with Gasteiger partial charge in [-0.2, -0.15) is 0 Å².